The van der Waals surface area contributed by atoms with Gasteiger partial charge in [-0.2, -0.15) is 0 Å². The van der Waals surface area contributed by atoms with Gasteiger partial charge in [0.05, 0.1) is 19.4 Å². The third kappa shape index (κ3) is 4.40. The molecule has 1 aromatic heterocycles. The molecule has 6 nitrogen and oxygen atoms in total. The molecule has 1 aromatic carbocycles. The molecular formula is C17H21N3O3. The largest absolute Gasteiger partial charge is 0.479 e. The van der Waals surface area contributed by atoms with Crippen LogP contribution in [-0.2, 0) is 4.74 Å². The normalized spacial score (nSPS) is 16.2. The first-order valence-corrected chi connectivity index (χ1v) is 7.88. The monoisotopic (exact) mass is 315 g/mol. The molecule has 2 aromatic rings. The van der Waals surface area contributed by atoms with Gasteiger partial charge in [0.1, 0.15) is 0 Å². The zero-order valence-corrected chi connectivity index (χ0v) is 13.0. The topological polar surface area (TPSA) is 71.1 Å². The van der Waals surface area contributed by atoms with E-state index in [1.807, 2.05) is 30.3 Å². The van der Waals surface area contributed by atoms with Crippen LogP contribution in [0.3, 0.4) is 0 Å². The lowest BCUT2D eigenvalue weighted by molar-refractivity contribution is 0.0377. The molecule has 0 spiro atoms. The van der Waals surface area contributed by atoms with Crippen molar-refractivity contribution < 1.29 is 14.3 Å². The molecule has 0 aliphatic carbocycles. The van der Waals surface area contributed by atoms with Crippen molar-refractivity contribution >= 4 is 6.21 Å². The molecule has 0 radical (unpaired) electrons. The number of nitrogens with zero attached hydrogens (tertiary/aromatic N) is 3. The molecule has 6 heteroatoms. The fraction of sp³-hybridized carbons (Fsp3) is 0.412. The van der Waals surface area contributed by atoms with E-state index in [9.17, 15) is 5.11 Å². The number of hydrogen-bond acceptors (Lipinski definition) is 6. The summed E-state index contributed by atoms with van der Waals surface area (Å²) in [7, 11) is 0. The lowest BCUT2D eigenvalue weighted by Gasteiger charge is -2.26. The van der Waals surface area contributed by atoms with Gasteiger partial charge in [0.2, 0.25) is 5.89 Å². The second-order valence-electron chi connectivity index (χ2n) is 5.42. The van der Waals surface area contributed by atoms with Gasteiger partial charge in [0, 0.05) is 31.7 Å². The van der Waals surface area contributed by atoms with E-state index < -0.39 is 0 Å². The number of benzene rings is 1. The first-order valence-electron chi connectivity index (χ1n) is 7.88. The predicted octanol–water partition coefficient (Wildman–Crippen LogP) is 2.19. The number of ether oxygens (including phenoxy) is 1. The van der Waals surface area contributed by atoms with Gasteiger partial charge in [0.15, 0.2) is 5.69 Å². The van der Waals surface area contributed by atoms with E-state index in [1.165, 1.54) is 0 Å². The lowest BCUT2D eigenvalue weighted by Crippen LogP contribution is -2.37. The third-order valence-electron chi connectivity index (χ3n) is 3.73. The smallest absolute Gasteiger partial charge is 0.312 e. The van der Waals surface area contributed by atoms with E-state index in [0.29, 0.717) is 18.1 Å². The molecule has 0 amide bonds. The molecule has 1 saturated heterocycles. The molecule has 122 valence electrons. The number of morpholine rings is 1. The first kappa shape index (κ1) is 15.7. The number of aliphatic imine (C=N–C) groups is 1. The summed E-state index contributed by atoms with van der Waals surface area (Å²) in [6.07, 6.45) is 2.55. The highest BCUT2D eigenvalue weighted by Crippen LogP contribution is 2.24. The van der Waals surface area contributed by atoms with E-state index in [4.69, 9.17) is 9.15 Å². The number of oxazole rings is 1. The Morgan fingerprint density at radius 1 is 1.22 bits per heavy atom. The second-order valence-corrected chi connectivity index (χ2v) is 5.42. The maximum atomic E-state index is 9.81. The van der Waals surface area contributed by atoms with Gasteiger partial charge >= 0.3 is 5.95 Å². The highest BCUT2D eigenvalue weighted by atomic mass is 16.5. The SMILES string of the molecule is Oc1oc(-c2ccccc2)nc1C=NCCCN1CCOCC1. The molecule has 2 heterocycles. The molecule has 23 heavy (non-hydrogen) atoms. The summed E-state index contributed by atoms with van der Waals surface area (Å²) in [6.45, 7) is 5.34. The summed E-state index contributed by atoms with van der Waals surface area (Å²) in [5, 5.41) is 9.81. The van der Waals surface area contributed by atoms with Crippen LogP contribution in [0, 0.1) is 0 Å². The first-order chi connectivity index (χ1) is 11.3. The number of rotatable bonds is 6. The average Bonchev–Trinajstić information content (AvgIpc) is 2.97. The zero-order chi connectivity index (χ0) is 15.9. The minimum Gasteiger partial charge on any atom is -0.479 e. The van der Waals surface area contributed by atoms with Crippen molar-refractivity contribution in [1.29, 1.82) is 0 Å². The van der Waals surface area contributed by atoms with E-state index in [-0.39, 0.29) is 5.95 Å². The van der Waals surface area contributed by atoms with Crippen LogP contribution in [0.1, 0.15) is 12.1 Å². The molecule has 0 bridgehead atoms. The van der Waals surface area contributed by atoms with E-state index in [1.54, 1.807) is 6.21 Å². The van der Waals surface area contributed by atoms with Gasteiger partial charge in [-0.05, 0) is 18.6 Å². The van der Waals surface area contributed by atoms with E-state index in [2.05, 4.69) is 14.9 Å². The van der Waals surface area contributed by atoms with Crippen molar-refractivity contribution in [1.82, 2.24) is 9.88 Å². The van der Waals surface area contributed by atoms with Gasteiger partial charge in [-0.3, -0.25) is 9.89 Å². The molecule has 1 fully saturated rings. The van der Waals surface area contributed by atoms with Gasteiger partial charge in [-0.15, -0.1) is 0 Å². The Bertz CT molecular complexity index is 634. The summed E-state index contributed by atoms with van der Waals surface area (Å²) >= 11 is 0. The minimum atomic E-state index is -0.194. The molecule has 0 saturated carbocycles. The van der Waals surface area contributed by atoms with Crippen molar-refractivity contribution in [2.24, 2.45) is 4.99 Å². The highest BCUT2D eigenvalue weighted by Gasteiger charge is 2.12. The molecule has 1 aliphatic rings. The molecule has 1 N–H and O–H groups in total. The van der Waals surface area contributed by atoms with Crippen LogP contribution in [0.25, 0.3) is 11.5 Å². The Kier molecular flexibility index (Phi) is 5.39. The van der Waals surface area contributed by atoms with Crippen molar-refractivity contribution in [3.05, 3.63) is 36.0 Å². The predicted molar refractivity (Wildman–Crippen MR) is 87.9 cm³/mol. The number of aromatic nitrogens is 1. The maximum absolute atomic E-state index is 9.81. The summed E-state index contributed by atoms with van der Waals surface area (Å²) in [6, 6.07) is 9.48. The van der Waals surface area contributed by atoms with Crippen LogP contribution < -0.4 is 0 Å². The van der Waals surface area contributed by atoms with Crippen molar-refractivity contribution in [2.45, 2.75) is 6.42 Å². The van der Waals surface area contributed by atoms with Crippen molar-refractivity contribution in [2.75, 3.05) is 39.4 Å². The molecule has 1 aliphatic heterocycles. The quantitative estimate of drug-likeness (QED) is 0.653. The standard InChI is InChI=1S/C17H21N3O3/c21-17-15(19-16(23-17)14-5-2-1-3-6-14)13-18-7-4-8-20-9-11-22-12-10-20/h1-3,5-6,13,21H,4,7-12H2. The summed E-state index contributed by atoms with van der Waals surface area (Å²) in [4.78, 5) is 11.0. The Balaban J connectivity index is 1.50. The van der Waals surface area contributed by atoms with E-state index >= 15 is 0 Å². The van der Waals surface area contributed by atoms with Crippen LogP contribution in [0.5, 0.6) is 5.95 Å². The zero-order valence-electron chi connectivity index (χ0n) is 13.0. The lowest BCUT2D eigenvalue weighted by atomic mass is 10.2. The van der Waals surface area contributed by atoms with Gasteiger partial charge < -0.3 is 14.3 Å². The van der Waals surface area contributed by atoms with Crippen LogP contribution in [0.4, 0.5) is 0 Å². The summed E-state index contributed by atoms with van der Waals surface area (Å²) < 4.78 is 10.6. The van der Waals surface area contributed by atoms with Gasteiger partial charge in [-0.1, -0.05) is 18.2 Å². The third-order valence-corrected chi connectivity index (χ3v) is 3.73. The Labute approximate surface area is 135 Å². The van der Waals surface area contributed by atoms with Gasteiger partial charge in [-0.25, -0.2) is 4.98 Å². The van der Waals surface area contributed by atoms with Gasteiger partial charge in [0.25, 0.3) is 0 Å². The Morgan fingerprint density at radius 3 is 2.78 bits per heavy atom. The summed E-state index contributed by atoms with van der Waals surface area (Å²) in [5.41, 5.74) is 1.20. The van der Waals surface area contributed by atoms with Crippen LogP contribution >= 0.6 is 0 Å². The van der Waals surface area contributed by atoms with E-state index in [0.717, 1.165) is 44.8 Å². The minimum absolute atomic E-state index is 0.194. The maximum Gasteiger partial charge on any atom is 0.312 e. The Morgan fingerprint density at radius 2 is 2.00 bits per heavy atom. The van der Waals surface area contributed by atoms with Crippen LogP contribution in [-0.4, -0.2) is 60.6 Å². The molecular weight excluding hydrogens is 294 g/mol. The molecule has 0 unspecified atom stereocenters. The summed E-state index contributed by atoms with van der Waals surface area (Å²) in [5.74, 6) is 0.207. The van der Waals surface area contributed by atoms with Crippen LogP contribution in [0.15, 0.2) is 39.7 Å². The number of hydrogen-bond donors (Lipinski definition) is 1. The molecule has 3 rings (SSSR count). The highest BCUT2D eigenvalue weighted by molar-refractivity contribution is 5.80. The average molecular weight is 315 g/mol. The van der Waals surface area contributed by atoms with Crippen LogP contribution in [0.2, 0.25) is 0 Å². The van der Waals surface area contributed by atoms with Crippen molar-refractivity contribution in [3.63, 3.8) is 0 Å². The fourth-order valence-electron chi connectivity index (χ4n) is 2.47. The Hall–Kier alpha value is -2.18. The number of aromatic hydroxyl groups is 1. The second kappa shape index (κ2) is 7.89. The molecule has 0 atom stereocenters. The van der Waals surface area contributed by atoms with Crippen molar-refractivity contribution in [3.8, 4) is 17.4 Å². The fourth-order valence-corrected chi connectivity index (χ4v) is 2.47.